The van der Waals surface area contributed by atoms with Crippen LogP contribution < -0.4 is 5.32 Å². The number of amides is 1. The molecule has 0 spiro atoms. The number of aliphatic carboxylic acids is 1. The fourth-order valence-electron chi connectivity index (χ4n) is 2.75. The van der Waals surface area contributed by atoms with E-state index in [0.717, 1.165) is 16.3 Å². The van der Waals surface area contributed by atoms with Gasteiger partial charge in [-0.25, -0.2) is 4.79 Å². The lowest BCUT2D eigenvalue weighted by atomic mass is 9.88. The minimum Gasteiger partial charge on any atom is -0.480 e. The van der Waals surface area contributed by atoms with Gasteiger partial charge < -0.3 is 10.4 Å². The molecule has 0 aromatic heterocycles. The summed E-state index contributed by atoms with van der Waals surface area (Å²) in [7, 11) is 0. The van der Waals surface area contributed by atoms with Gasteiger partial charge in [-0.3, -0.25) is 4.79 Å². The van der Waals surface area contributed by atoms with Gasteiger partial charge in [-0.05, 0) is 16.3 Å². The van der Waals surface area contributed by atoms with Gasteiger partial charge in [0.25, 0.3) is 0 Å². The highest BCUT2D eigenvalue weighted by Gasteiger charge is 2.38. The maximum absolute atomic E-state index is 11.5. The van der Waals surface area contributed by atoms with Gasteiger partial charge in [0, 0.05) is 12.3 Å². The molecule has 4 heteroatoms. The van der Waals surface area contributed by atoms with Crippen LogP contribution >= 0.6 is 0 Å². The first-order valence-electron chi connectivity index (χ1n) is 6.16. The van der Waals surface area contributed by atoms with Crippen molar-refractivity contribution < 1.29 is 14.7 Å². The quantitative estimate of drug-likeness (QED) is 0.861. The number of rotatable bonds is 2. The number of carboxylic acids is 1. The number of carbonyl (C=O) groups excluding carboxylic acids is 1. The molecular weight excluding hydrogens is 242 g/mol. The largest absolute Gasteiger partial charge is 0.480 e. The predicted molar refractivity (Wildman–Crippen MR) is 70.9 cm³/mol. The van der Waals surface area contributed by atoms with Gasteiger partial charge in [0.05, 0.1) is 0 Å². The molecule has 2 aromatic carbocycles. The molecule has 0 bridgehead atoms. The Morgan fingerprint density at radius 2 is 1.89 bits per heavy atom. The van der Waals surface area contributed by atoms with Crippen LogP contribution in [0.1, 0.15) is 17.9 Å². The van der Waals surface area contributed by atoms with Gasteiger partial charge >= 0.3 is 5.97 Å². The van der Waals surface area contributed by atoms with Crippen molar-refractivity contribution in [2.24, 2.45) is 0 Å². The summed E-state index contributed by atoms with van der Waals surface area (Å²) in [4.78, 5) is 22.8. The molecule has 0 saturated carbocycles. The Morgan fingerprint density at radius 3 is 2.68 bits per heavy atom. The summed E-state index contributed by atoms with van der Waals surface area (Å²) in [5.74, 6) is -1.50. The second-order valence-corrected chi connectivity index (χ2v) is 4.76. The molecule has 1 aliphatic rings. The standard InChI is InChI=1S/C15H13NO3/c17-13-8-12(14(16-13)15(18)19)11-7-3-5-9-4-1-2-6-10(9)11/h1-7,12,14H,8H2,(H,16,17)(H,18,19). The van der Waals surface area contributed by atoms with E-state index in [2.05, 4.69) is 5.32 Å². The van der Waals surface area contributed by atoms with E-state index in [1.54, 1.807) is 0 Å². The molecule has 1 aliphatic heterocycles. The monoisotopic (exact) mass is 255 g/mol. The Kier molecular flexibility index (Phi) is 2.71. The Bertz CT molecular complexity index is 660. The molecule has 2 atom stereocenters. The molecule has 3 rings (SSSR count). The topological polar surface area (TPSA) is 66.4 Å². The SMILES string of the molecule is O=C1CC(c2cccc3ccccc23)C(C(=O)O)N1. The van der Waals surface area contributed by atoms with Crippen LogP contribution in [0.15, 0.2) is 42.5 Å². The number of fused-ring (bicyclic) bond motifs is 1. The van der Waals surface area contributed by atoms with Crippen molar-refractivity contribution >= 4 is 22.6 Å². The van der Waals surface area contributed by atoms with Gasteiger partial charge in [-0.15, -0.1) is 0 Å². The minimum atomic E-state index is -0.983. The van der Waals surface area contributed by atoms with Crippen LogP contribution in [-0.4, -0.2) is 23.0 Å². The van der Waals surface area contributed by atoms with Gasteiger partial charge in [0.2, 0.25) is 5.91 Å². The van der Waals surface area contributed by atoms with E-state index in [4.69, 9.17) is 0 Å². The smallest absolute Gasteiger partial charge is 0.326 e. The number of carbonyl (C=O) groups is 2. The number of nitrogens with one attached hydrogen (secondary N) is 1. The van der Waals surface area contributed by atoms with Gasteiger partial charge in [-0.2, -0.15) is 0 Å². The Balaban J connectivity index is 2.13. The lowest BCUT2D eigenvalue weighted by Crippen LogP contribution is -2.36. The lowest BCUT2D eigenvalue weighted by molar-refractivity contribution is -0.140. The van der Waals surface area contributed by atoms with Gasteiger partial charge in [0.15, 0.2) is 0 Å². The Hall–Kier alpha value is -2.36. The van der Waals surface area contributed by atoms with Gasteiger partial charge in [0.1, 0.15) is 6.04 Å². The van der Waals surface area contributed by atoms with E-state index in [1.165, 1.54) is 0 Å². The third kappa shape index (κ3) is 1.95. The molecule has 2 N–H and O–H groups in total. The highest BCUT2D eigenvalue weighted by atomic mass is 16.4. The van der Waals surface area contributed by atoms with E-state index in [9.17, 15) is 14.7 Å². The normalized spacial score (nSPS) is 22.4. The molecule has 1 fully saturated rings. The average molecular weight is 255 g/mol. The number of benzene rings is 2. The van der Waals surface area contributed by atoms with Crippen molar-refractivity contribution in [3.63, 3.8) is 0 Å². The predicted octanol–water partition coefficient (Wildman–Crippen LogP) is 1.90. The minimum absolute atomic E-state index is 0.203. The molecule has 1 heterocycles. The zero-order valence-electron chi connectivity index (χ0n) is 10.2. The second kappa shape index (κ2) is 4.39. The summed E-state index contributed by atoms with van der Waals surface area (Å²) in [6.07, 6.45) is 0.227. The summed E-state index contributed by atoms with van der Waals surface area (Å²) in [5, 5.41) is 13.8. The van der Waals surface area contributed by atoms with Crippen LogP contribution in [0.5, 0.6) is 0 Å². The summed E-state index contributed by atoms with van der Waals surface area (Å²) < 4.78 is 0. The van der Waals surface area contributed by atoms with Crippen molar-refractivity contribution in [3.8, 4) is 0 Å². The van der Waals surface area contributed by atoms with E-state index in [1.807, 2.05) is 42.5 Å². The van der Waals surface area contributed by atoms with Crippen molar-refractivity contribution in [2.75, 3.05) is 0 Å². The van der Waals surface area contributed by atoms with Crippen LogP contribution in [0.2, 0.25) is 0 Å². The molecule has 0 radical (unpaired) electrons. The summed E-state index contributed by atoms with van der Waals surface area (Å²) in [6.45, 7) is 0. The molecule has 2 unspecified atom stereocenters. The first-order valence-corrected chi connectivity index (χ1v) is 6.16. The van der Waals surface area contributed by atoms with Gasteiger partial charge in [-0.1, -0.05) is 42.5 Å². The molecule has 1 amide bonds. The number of hydrogen-bond donors (Lipinski definition) is 2. The average Bonchev–Trinajstić information content (AvgIpc) is 2.80. The van der Waals surface area contributed by atoms with E-state index in [-0.39, 0.29) is 18.2 Å². The zero-order chi connectivity index (χ0) is 13.4. The van der Waals surface area contributed by atoms with Crippen molar-refractivity contribution in [2.45, 2.75) is 18.4 Å². The highest BCUT2D eigenvalue weighted by molar-refractivity contribution is 5.93. The lowest BCUT2D eigenvalue weighted by Gasteiger charge is -2.17. The molecule has 0 aliphatic carbocycles. The molecule has 4 nitrogen and oxygen atoms in total. The third-order valence-electron chi connectivity index (χ3n) is 3.61. The van der Waals surface area contributed by atoms with E-state index < -0.39 is 12.0 Å². The fourth-order valence-corrected chi connectivity index (χ4v) is 2.75. The van der Waals surface area contributed by atoms with Crippen molar-refractivity contribution in [1.82, 2.24) is 5.32 Å². The van der Waals surface area contributed by atoms with Crippen LogP contribution in [0.25, 0.3) is 10.8 Å². The first-order chi connectivity index (χ1) is 9.16. The van der Waals surface area contributed by atoms with Crippen LogP contribution in [-0.2, 0) is 9.59 Å². The van der Waals surface area contributed by atoms with Crippen molar-refractivity contribution in [3.05, 3.63) is 48.0 Å². The third-order valence-corrected chi connectivity index (χ3v) is 3.61. The highest BCUT2D eigenvalue weighted by Crippen LogP contribution is 2.33. The number of carboxylic acid groups (broad SMARTS) is 1. The Labute approximate surface area is 110 Å². The maximum Gasteiger partial charge on any atom is 0.326 e. The molecule has 2 aromatic rings. The number of hydrogen-bond acceptors (Lipinski definition) is 2. The first kappa shape index (κ1) is 11.7. The molecule has 96 valence electrons. The maximum atomic E-state index is 11.5. The molecular formula is C15H13NO3. The molecule has 19 heavy (non-hydrogen) atoms. The zero-order valence-corrected chi connectivity index (χ0v) is 10.2. The van der Waals surface area contributed by atoms with E-state index in [0.29, 0.717) is 0 Å². The van der Waals surface area contributed by atoms with Crippen LogP contribution in [0.4, 0.5) is 0 Å². The summed E-state index contributed by atoms with van der Waals surface area (Å²) in [5.41, 5.74) is 0.920. The van der Waals surface area contributed by atoms with Crippen LogP contribution in [0, 0.1) is 0 Å². The van der Waals surface area contributed by atoms with E-state index >= 15 is 0 Å². The Morgan fingerprint density at radius 1 is 1.16 bits per heavy atom. The second-order valence-electron chi connectivity index (χ2n) is 4.76. The summed E-state index contributed by atoms with van der Waals surface area (Å²) >= 11 is 0. The fraction of sp³-hybridized carbons (Fsp3) is 0.200. The summed E-state index contributed by atoms with van der Waals surface area (Å²) in [6, 6.07) is 12.8. The van der Waals surface area contributed by atoms with Crippen LogP contribution in [0.3, 0.4) is 0 Å². The molecule has 1 saturated heterocycles. The van der Waals surface area contributed by atoms with Crippen molar-refractivity contribution in [1.29, 1.82) is 0 Å².